The molecule has 3 nitrogen and oxygen atoms in total. The van der Waals surface area contributed by atoms with E-state index in [-0.39, 0.29) is 5.97 Å². The number of carbonyl (C=O) groups excluding carboxylic acids is 1. The molecule has 196 valence electrons. The molecular weight excluding hydrogens is 408 g/mol. The maximum Gasteiger partial charge on any atom is 0.333 e. The normalized spacial score (nSPS) is 11.1. The molecule has 0 amide bonds. The lowest BCUT2D eigenvalue weighted by Crippen LogP contribution is -2.05. The van der Waals surface area contributed by atoms with Gasteiger partial charge in [0.2, 0.25) is 0 Å². The molecule has 0 aromatic heterocycles. The van der Waals surface area contributed by atoms with Crippen molar-refractivity contribution in [2.45, 2.75) is 161 Å². The molecule has 0 heterocycles. The van der Waals surface area contributed by atoms with Crippen LogP contribution in [0.25, 0.3) is 0 Å². The van der Waals surface area contributed by atoms with Crippen molar-refractivity contribution in [3.63, 3.8) is 0 Å². The van der Waals surface area contributed by atoms with Crippen molar-refractivity contribution >= 4 is 5.97 Å². The molecular formula is C30H58O3. The number of carbonyl (C=O) groups is 1. The lowest BCUT2D eigenvalue weighted by Gasteiger charge is -2.05. The molecule has 0 saturated heterocycles. The largest absolute Gasteiger partial charge is 0.462 e. The van der Waals surface area contributed by atoms with Crippen LogP contribution in [0.4, 0.5) is 0 Å². The third-order valence-electron chi connectivity index (χ3n) is 6.63. The van der Waals surface area contributed by atoms with Gasteiger partial charge in [-0.3, -0.25) is 0 Å². The van der Waals surface area contributed by atoms with Crippen molar-refractivity contribution in [3.05, 3.63) is 12.2 Å². The Hall–Kier alpha value is -0.830. The summed E-state index contributed by atoms with van der Waals surface area (Å²) in [5.41, 5.74) is 0.491. The fourth-order valence-corrected chi connectivity index (χ4v) is 4.39. The van der Waals surface area contributed by atoms with Crippen LogP contribution in [-0.4, -0.2) is 24.3 Å². The summed E-state index contributed by atoms with van der Waals surface area (Å²) in [5.74, 6) is -0.255. The molecule has 3 heteroatoms. The van der Waals surface area contributed by atoms with E-state index in [0.717, 1.165) is 19.3 Å². The number of rotatable bonds is 27. The van der Waals surface area contributed by atoms with Gasteiger partial charge in [-0.2, -0.15) is 0 Å². The second-order valence-electron chi connectivity index (χ2n) is 10.1. The number of esters is 1. The van der Waals surface area contributed by atoms with E-state index in [9.17, 15) is 4.79 Å². The number of unbranched alkanes of at least 4 members (excludes halogenated alkanes) is 23. The molecule has 0 spiro atoms. The summed E-state index contributed by atoms with van der Waals surface area (Å²) >= 11 is 0. The molecule has 0 aliphatic rings. The van der Waals surface area contributed by atoms with Crippen LogP contribution >= 0.6 is 0 Å². The van der Waals surface area contributed by atoms with Crippen molar-refractivity contribution in [3.8, 4) is 0 Å². The molecule has 0 saturated carbocycles. The zero-order valence-corrected chi connectivity index (χ0v) is 22.4. The van der Waals surface area contributed by atoms with Gasteiger partial charge >= 0.3 is 5.97 Å². The SMILES string of the molecule is C=C(C)C(=O)OCCCCCCCCCCCCCCCCCCCCCCCCCCO. The quantitative estimate of drug-likeness (QED) is 0.0744. The summed E-state index contributed by atoms with van der Waals surface area (Å²) < 4.78 is 5.11. The van der Waals surface area contributed by atoms with Gasteiger partial charge in [0.1, 0.15) is 0 Å². The Bertz CT molecular complexity index is 419. The Balaban J connectivity index is 3.05. The van der Waals surface area contributed by atoms with Crippen LogP contribution < -0.4 is 0 Å². The first-order valence-corrected chi connectivity index (χ1v) is 14.6. The number of hydrogen-bond donors (Lipinski definition) is 1. The fraction of sp³-hybridized carbons (Fsp3) is 0.900. The van der Waals surface area contributed by atoms with Gasteiger partial charge in [0.05, 0.1) is 6.61 Å². The van der Waals surface area contributed by atoms with Crippen LogP contribution in [0.5, 0.6) is 0 Å². The standard InChI is InChI=1S/C30H58O3/c1-29(2)30(32)33-28-26-24-22-20-18-16-14-12-10-8-6-4-3-5-7-9-11-13-15-17-19-21-23-25-27-31/h31H,1,3-28H2,2H3. The number of hydrogen-bond acceptors (Lipinski definition) is 3. The van der Waals surface area contributed by atoms with Crippen LogP contribution in [0.1, 0.15) is 161 Å². The smallest absolute Gasteiger partial charge is 0.333 e. The zero-order valence-electron chi connectivity index (χ0n) is 22.4. The molecule has 33 heavy (non-hydrogen) atoms. The van der Waals surface area contributed by atoms with Gasteiger partial charge in [-0.25, -0.2) is 4.79 Å². The van der Waals surface area contributed by atoms with E-state index in [2.05, 4.69) is 6.58 Å². The van der Waals surface area contributed by atoms with Crippen molar-refractivity contribution in [1.29, 1.82) is 0 Å². The molecule has 0 rings (SSSR count). The highest BCUT2D eigenvalue weighted by Gasteiger charge is 2.01. The van der Waals surface area contributed by atoms with Gasteiger partial charge < -0.3 is 9.84 Å². The first kappa shape index (κ1) is 32.2. The summed E-state index contributed by atoms with van der Waals surface area (Å²) in [5, 5.41) is 8.76. The summed E-state index contributed by atoms with van der Waals surface area (Å²) in [6, 6.07) is 0. The first-order chi connectivity index (χ1) is 16.2. The van der Waals surface area contributed by atoms with E-state index in [0.29, 0.717) is 18.8 Å². The average molecular weight is 467 g/mol. The van der Waals surface area contributed by atoms with Gasteiger partial charge in [0, 0.05) is 12.2 Å². The van der Waals surface area contributed by atoms with Crippen molar-refractivity contribution in [1.82, 2.24) is 0 Å². The van der Waals surface area contributed by atoms with E-state index in [4.69, 9.17) is 9.84 Å². The average Bonchev–Trinajstić information content (AvgIpc) is 2.81. The lowest BCUT2D eigenvalue weighted by molar-refractivity contribution is -0.139. The van der Waals surface area contributed by atoms with Gasteiger partial charge in [0.25, 0.3) is 0 Å². The van der Waals surface area contributed by atoms with Gasteiger partial charge in [-0.05, 0) is 19.8 Å². The second-order valence-corrected chi connectivity index (χ2v) is 10.1. The molecule has 0 bridgehead atoms. The van der Waals surface area contributed by atoms with E-state index in [1.165, 1.54) is 135 Å². The molecule has 1 N–H and O–H groups in total. The summed E-state index contributed by atoms with van der Waals surface area (Å²) in [4.78, 5) is 11.3. The minimum atomic E-state index is -0.255. The third kappa shape index (κ3) is 27.3. The third-order valence-corrected chi connectivity index (χ3v) is 6.63. The topological polar surface area (TPSA) is 46.5 Å². The predicted octanol–water partition coefficient (Wildman–Crippen LogP) is 9.46. The highest BCUT2D eigenvalue weighted by atomic mass is 16.5. The van der Waals surface area contributed by atoms with Crippen LogP contribution in [0.3, 0.4) is 0 Å². The minimum Gasteiger partial charge on any atom is -0.462 e. The molecule has 0 fully saturated rings. The van der Waals surface area contributed by atoms with Crippen molar-refractivity contribution in [2.24, 2.45) is 0 Å². The van der Waals surface area contributed by atoms with Crippen molar-refractivity contribution < 1.29 is 14.6 Å². The Morgan fingerprint density at radius 1 is 0.515 bits per heavy atom. The molecule has 0 unspecified atom stereocenters. The lowest BCUT2D eigenvalue weighted by atomic mass is 10.0. The second kappa shape index (κ2) is 27.4. The summed E-state index contributed by atoms with van der Waals surface area (Å²) in [7, 11) is 0. The summed E-state index contributed by atoms with van der Waals surface area (Å²) in [6.45, 7) is 6.19. The highest BCUT2D eigenvalue weighted by Crippen LogP contribution is 2.15. The Kier molecular flexibility index (Phi) is 26.7. The molecule has 0 aliphatic carbocycles. The zero-order chi connectivity index (χ0) is 24.2. The Morgan fingerprint density at radius 2 is 0.758 bits per heavy atom. The van der Waals surface area contributed by atoms with E-state index in [1.807, 2.05) is 0 Å². The van der Waals surface area contributed by atoms with Gasteiger partial charge in [0.15, 0.2) is 0 Å². The van der Waals surface area contributed by atoms with E-state index < -0.39 is 0 Å². The van der Waals surface area contributed by atoms with E-state index >= 15 is 0 Å². The number of aliphatic hydroxyl groups is 1. The Morgan fingerprint density at radius 3 is 1.00 bits per heavy atom. The molecule has 0 atom stereocenters. The number of ether oxygens (including phenoxy) is 1. The van der Waals surface area contributed by atoms with Crippen LogP contribution in [0, 0.1) is 0 Å². The first-order valence-electron chi connectivity index (χ1n) is 14.6. The molecule has 0 aromatic rings. The highest BCUT2D eigenvalue weighted by molar-refractivity contribution is 5.86. The van der Waals surface area contributed by atoms with Gasteiger partial charge in [-0.1, -0.05) is 148 Å². The molecule has 0 aromatic carbocycles. The number of aliphatic hydroxyl groups excluding tert-OH is 1. The molecule has 0 aliphatic heterocycles. The monoisotopic (exact) mass is 466 g/mol. The maximum absolute atomic E-state index is 11.3. The Labute approximate surface area is 207 Å². The molecule has 0 radical (unpaired) electrons. The van der Waals surface area contributed by atoms with Gasteiger partial charge in [-0.15, -0.1) is 0 Å². The maximum atomic E-state index is 11.3. The van der Waals surface area contributed by atoms with E-state index in [1.54, 1.807) is 6.92 Å². The summed E-state index contributed by atoms with van der Waals surface area (Å²) in [6.07, 6.45) is 32.3. The van der Waals surface area contributed by atoms with Crippen molar-refractivity contribution in [2.75, 3.05) is 13.2 Å². The minimum absolute atomic E-state index is 0.255. The van der Waals surface area contributed by atoms with Crippen LogP contribution in [-0.2, 0) is 9.53 Å². The fourth-order valence-electron chi connectivity index (χ4n) is 4.39. The van der Waals surface area contributed by atoms with Crippen LogP contribution in [0.15, 0.2) is 12.2 Å². The predicted molar refractivity (Wildman–Crippen MR) is 144 cm³/mol. The van der Waals surface area contributed by atoms with Crippen LogP contribution in [0.2, 0.25) is 0 Å².